The molecule has 1 aliphatic heterocycles. The fraction of sp³-hybridized carbons (Fsp3) is 0.765. The van der Waals surface area contributed by atoms with E-state index >= 15 is 0 Å². The van der Waals surface area contributed by atoms with Gasteiger partial charge in [-0.25, -0.2) is 4.79 Å². The molecule has 8 heteroatoms. The molecule has 1 aliphatic carbocycles. The van der Waals surface area contributed by atoms with Gasteiger partial charge in [0.05, 0.1) is 0 Å². The molecular weight excluding hydrogens is 326 g/mol. The van der Waals surface area contributed by atoms with Crippen LogP contribution >= 0.6 is 0 Å². The Morgan fingerprint density at radius 1 is 1.28 bits per heavy atom. The Balaban J connectivity index is 1.76. The second-order valence-corrected chi connectivity index (χ2v) is 7.33. The molecule has 25 heavy (non-hydrogen) atoms. The van der Waals surface area contributed by atoms with Crippen molar-refractivity contribution in [1.82, 2.24) is 15.5 Å². The molecule has 0 aromatic heterocycles. The zero-order chi connectivity index (χ0) is 18.6. The van der Waals surface area contributed by atoms with Crippen LogP contribution in [-0.2, 0) is 19.1 Å². The van der Waals surface area contributed by atoms with Crippen molar-refractivity contribution in [3.63, 3.8) is 0 Å². The van der Waals surface area contributed by atoms with Crippen LogP contribution in [-0.4, -0.2) is 53.4 Å². The fourth-order valence-electron chi connectivity index (χ4n) is 3.16. The summed E-state index contributed by atoms with van der Waals surface area (Å²) in [5, 5.41) is 5.29. The summed E-state index contributed by atoms with van der Waals surface area (Å²) in [7, 11) is 0. The highest BCUT2D eigenvalue weighted by Crippen LogP contribution is 2.22. The van der Waals surface area contributed by atoms with Crippen LogP contribution in [0.25, 0.3) is 0 Å². The van der Waals surface area contributed by atoms with Crippen LogP contribution in [0.3, 0.4) is 0 Å². The predicted molar refractivity (Wildman–Crippen MR) is 89.5 cm³/mol. The molecule has 140 valence electrons. The van der Waals surface area contributed by atoms with Gasteiger partial charge < -0.3 is 15.4 Å². The largest absolute Gasteiger partial charge is 0.451 e. The third-order valence-corrected chi connectivity index (χ3v) is 4.70. The van der Waals surface area contributed by atoms with E-state index < -0.39 is 36.1 Å². The van der Waals surface area contributed by atoms with Crippen molar-refractivity contribution in [1.29, 1.82) is 0 Å². The van der Waals surface area contributed by atoms with Gasteiger partial charge in [0.1, 0.15) is 12.1 Å². The van der Waals surface area contributed by atoms with E-state index in [-0.39, 0.29) is 5.91 Å². The van der Waals surface area contributed by atoms with Crippen molar-refractivity contribution in [3.05, 3.63) is 0 Å². The molecule has 4 amide bonds. The highest BCUT2D eigenvalue weighted by atomic mass is 16.5. The average Bonchev–Trinajstić information content (AvgIpc) is 2.75. The van der Waals surface area contributed by atoms with E-state index in [0.29, 0.717) is 12.5 Å². The lowest BCUT2D eigenvalue weighted by Gasteiger charge is -2.23. The first-order chi connectivity index (χ1) is 11.7. The summed E-state index contributed by atoms with van der Waals surface area (Å²) in [4.78, 5) is 48.6. The Bertz CT molecular complexity index is 554. The molecule has 0 bridgehead atoms. The molecule has 0 spiro atoms. The molecule has 0 radical (unpaired) electrons. The lowest BCUT2D eigenvalue weighted by atomic mass is 9.89. The van der Waals surface area contributed by atoms with Crippen LogP contribution in [0, 0.1) is 5.92 Å². The smallest absolute Gasteiger partial charge is 0.327 e. The lowest BCUT2D eigenvalue weighted by molar-refractivity contribution is -0.156. The molecule has 2 aliphatic rings. The third-order valence-electron chi connectivity index (χ3n) is 4.70. The number of esters is 1. The fourth-order valence-corrected chi connectivity index (χ4v) is 3.16. The molecule has 1 saturated heterocycles. The highest BCUT2D eigenvalue weighted by Gasteiger charge is 2.45. The Hall–Kier alpha value is -2.12. The van der Waals surface area contributed by atoms with Crippen molar-refractivity contribution < 1.29 is 23.9 Å². The molecule has 2 rings (SSSR count). The van der Waals surface area contributed by atoms with Gasteiger partial charge in [-0.1, -0.05) is 19.3 Å². The van der Waals surface area contributed by atoms with E-state index in [1.165, 1.54) is 26.2 Å². The first kappa shape index (κ1) is 19.2. The maximum absolute atomic E-state index is 12.0. The Kier molecular flexibility index (Phi) is 6.02. The molecule has 1 heterocycles. The number of ether oxygens (including phenoxy) is 1. The maximum Gasteiger partial charge on any atom is 0.327 e. The summed E-state index contributed by atoms with van der Waals surface area (Å²) in [6.07, 6.45) is 4.87. The minimum Gasteiger partial charge on any atom is -0.451 e. The first-order valence-corrected chi connectivity index (χ1v) is 8.82. The van der Waals surface area contributed by atoms with Gasteiger partial charge in [-0.3, -0.25) is 19.3 Å². The van der Waals surface area contributed by atoms with Crippen molar-refractivity contribution >= 4 is 23.8 Å². The normalized spacial score (nSPS) is 21.6. The van der Waals surface area contributed by atoms with E-state index in [0.717, 1.165) is 17.7 Å². The van der Waals surface area contributed by atoms with Gasteiger partial charge in [0.15, 0.2) is 6.10 Å². The number of nitrogens with zero attached hydrogens (tertiary/aromatic N) is 1. The summed E-state index contributed by atoms with van der Waals surface area (Å²) < 4.78 is 5.05. The number of carbonyl (C=O) groups is 4. The molecule has 1 saturated carbocycles. The molecule has 8 nitrogen and oxygen atoms in total. The summed E-state index contributed by atoms with van der Waals surface area (Å²) in [5.41, 5.74) is -1.04. The quantitative estimate of drug-likeness (QED) is 0.546. The molecule has 0 unspecified atom stereocenters. The second-order valence-electron chi connectivity index (χ2n) is 7.33. The number of carbonyl (C=O) groups excluding carboxylic acids is 4. The second kappa shape index (κ2) is 7.84. The van der Waals surface area contributed by atoms with Crippen LogP contribution in [0.4, 0.5) is 4.79 Å². The molecule has 0 aromatic carbocycles. The van der Waals surface area contributed by atoms with E-state index in [9.17, 15) is 19.2 Å². The Labute approximate surface area is 147 Å². The molecule has 1 atom stereocenters. The first-order valence-electron chi connectivity index (χ1n) is 8.82. The standard InChI is InChI=1S/C17H27N3O5/c1-11(14(22)18-9-12-7-5-4-6-8-12)25-13(21)10-20-15(23)17(2,3)19-16(20)24/h11-12H,4-10H2,1-3H3,(H,18,22)(H,19,24)/t11-/m1/s1. The summed E-state index contributed by atoms with van der Waals surface area (Å²) in [5.74, 6) is -1.17. The van der Waals surface area contributed by atoms with Crippen molar-refractivity contribution in [2.75, 3.05) is 13.1 Å². The zero-order valence-electron chi connectivity index (χ0n) is 15.1. The van der Waals surface area contributed by atoms with Crippen molar-refractivity contribution in [2.45, 2.75) is 64.5 Å². The van der Waals surface area contributed by atoms with Crippen LogP contribution in [0.1, 0.15) is 52.9 Å². The van der Waals surface area contributed by atoms with Crippen LogP contribution in [0.2, 0.25) is 0 Å². The summed E-state index contributed by atoms with van der Waals surface area (Å²) >= 11 is 0. The minimum atomic E-state index is -1.04. The number of imide groups is 1. The van der Waals surface area contributed by atoms with E-state index in [1.807, 2.05) is 0 Å². The van der Waals surface area contributed by atoms with Gasteiger partial charge >= 0.3 is 12.0 Å². The third kappa shape index (κ3) is 4.93. The van der Waals surface area contributed by atoms with Gasteiger partial charge in [0.2, 0.25) is 0 Å². The summed E-state index contributed by atoms with van der Waals surface area (Å²) in [6.45, 7) is 4.67. The van der Waals surface area contributed by atoms with Crippen LogP contribution in [0.5, 0.6) is 0 Å². The topological polar surface area (TPSA) is 105 Å². The summed E-state index contributed by atoms with van der Waals surface area (Å²) in [6, 6.07) is -0.638. The Morgan fingerprint density at radius 3 is 2.48 bits per heavy atom. The van der Waals surface area contributed by atoms with Gasteiger partial charge in [-0.2, -0.15) is 0 Å². The number of urea groups is 1. The number of rotatable bonds is 6. The molecule has 0 aromatic rings. The maximum atomic E-state index is 12.0. The van der Waals surface area contributed by atoms with Crippen molar-refractivity contribution in [3.8, 4) is 0 Å². The van der Waals surface area contributed by atoms with Gasteiger partial charge in [-0.15, -0.1) is 0 Å². The van der Waals surface area contributed by atoms with Gasteiger partial charge in [-0.05, 0) is 39.5 Å². The average molecular weight is 353 g/mol. The number of hydrogen-bond acceptors (Lipinski definition) is 5. The molecule has 2 N–H and O–H groups in total. The highest BCUT2D eigenvalue weighted by molar-refractivity contribution is 6.08. The predicted octanol–water partition coefficient (Wildman–Crippen LogP) is 0.945. The minimum absolute atomic E-state index is 0.364. The molecule has 2 fully saturated rings. The number of amides is 4. The SMILES string of the molecule is C[C@@H](OC(=O)CN1C(=O)NC(C)(C)C1=O)C(=O)NCC1CCCCC1. The Morgan fingerprint density at radius 2 is 1.92 bits per heavy atom. The van der Waals surface area contributed by atoms with Crippen molar-refractivity contribution in [2.24, 2.45) is 5.92 Å². The van der Waals surface area contributed by atoms with E-state index in [1.54, 1.807) is 13.8 Å². The number of nitrogens with one attached hydrogen (secondary N) is 2. The van der Waals surface area contributed by atoms with Crippen LogP contribution in [0.15, 0.2) is 0 Å². The lowest BCUT2D eigenvalue weighted by Crippen LogP contribution is -2.43. The molecular formula is C17H27N3O5. The van der Waals surface area contributed by atoms with Gasteiger partial charge in [0, 0.05) is 6.54 Å². The monoisotopic (exact) mass is 353 g/mol. The van der Waals surface area contributed by atoms with E-state index in [4.69, 9.17) is 4.74 Å². The number of hydrogen-bond donors (Lipinski definition) is 2. The van der Waals surface area contributed by atoms with E-state index in [2.05, 4.69) is 10.6 Å². The zero-order valence-corrected chi connectivity index (χ0v) is 15.1. The van der Waals surface area contributed by atoms with Crippen LogP contribution < -0.4 is 10.6 Å². The van der Waals surface area contributed by atoms with Gasteiger partial charge in [0.25, 0.3) is 11.8 Å².